The molecule has 2 atom stereocenters. The van der Waals surface area contributed by atoms with Crippen LogP contribution >= 0.6 is 11.3 Å². The smallest absolute Gasteiger partial charge is 0.306 e. The highest BCUT2D eigenvalue weighted by atomic mass is 32.1. The topological polar surface area (TPSA) is 102 Å². The van der Waals surface area contributed by atoms with Gasteiger partial charge in [-0.1, -0.05) is 19.1 Å². The number of thiophene rings is 1. The average Bonchev–Trinajstić information content (AvgIpc) is 3.63. The molecule has 4 aromatic rings. The average molecular weight is 645 g/mol. The summed E-state index contributed by atoms with van der Waals surface area (Å²) in [6, 6.07) is 14.3. The summed E-state index contributed by atoms with van der Waals surface area (Å²) in [4.78, 5) is 32.8. The van der Waals surface area contributed by atoms with Crippen LogP contribution in [0.25, 0.3) is 10.1 Å². The lowest BCUT2D eigenvalue weighted by Gasteiger charge is -2.25. The number of H-pyrrole nitrogens is 1. The molecule has 0 amide bonds. The van der Waals surface area contributed by atoms with Gasteiger partial charge in [0.25, 0.3) is 0 Å². The van der Waals surface area contributed by atoms with Crippen molar-refractivity contribution in [2.75, 3.05) is 50.8 Å². The van der Waals surface area contributed by atoms with Crippen LogP contribution in [0.1, 0.15) is 60.6 Å². The zero-order valence-electron chi connectivity index (χ0n) is 27.3. The third kappa shape index (κ3) is 6.78. The number of benzene rings is 2. The Hall–Kier alpha value is -3.90. The number of aromatic nitrogens is 1. The zero-order chi connectivity index (χ0) is 32.4. The quantitative estimate of drug-likeness (QED) is 0.186. The number of nitrogens with one attached hydrogen (secondary N) is 3. The number of ether oxygens (including phenoxy) is 2. The van der Waals surface area contributed by atoms with Crippen molar-refractivity contribution in [2.45, 2.75) is 58.7 Å². The molecule has 0 aliphatic carbocycles. The molecule has 2 aliphatic heterocycles. The van der Waals surface area contributed by atoms with Gasteiger partial charge in [0.2, 0.25) is 5.56 Å². The van der Waals surface area contributed by atoms with E-state index >= 15 is 0 Å². The number of pyridine rings is 1. The van der Waals surface area contributed by atoms with Gasteiger partial charge in [0.1, 0.15) is 11.9 Å². The minimum absolute atomic E-state index is 0.0122. The Morgan fingerprint density at radius 1 is 1.17 bits per heavy atom. The van der Waals surface area contributed by atoms with Crippen LogP contribution in [-0.2, 0) is 22.6 Å². The molecule has 6 rings (SSSR count). The van der Waals surface area contributed by atoms with E-state index in [0.717, 1.165) is 70.9 Å². The molecule has 0 saturated heterocycles. The summed E-state index contributed by atoms with van der Waals surface area (Å²) in [5.74, 6) is 0.334. The highest BCUT2D eigenvalue weighted by Crippen LogP contribution is 2.41. The molecule has 2 aliphatic rings. The van der Waals surface area contributed by atoms with E-state index in [-0.39, 0.29) is 30.0 Å². The van der Waals surface area contributed by atoms with Crippen molar-refractivity contribution in [1.29, 1.82) is 0 Å². The van der Waals surface area contributed by atoms with Crippen LogP contribution in [0.2, 0.25) is 0 Å². The summed E-state index contributed by atoms with van der Waals surface area (Å²) in [6.07, 6.45) is 1.11. The number of hydrazine groups is 2. The van der Waals surface area contributed by atoms with Gasteiger partial charge in [-0.05, 0) is 91.6 Å². The molecule has 11 heteroatoms. The molecule has 46 heavy (non-hydrogen) atoms. The van der Waals surface area contributed by atoms with Gasteiger partial charge in [-0.3, -0.25) is 19.5 Å². The Balaban J connectivity index is 1.38. The monoisotopic (exact) mass is 644 g/mol. The number of carbonyl (C=O) groups excluding carboxylic acids is 1. The number of hydrogen-bond acceptors (Lipinski definition) is 10. The minimum atomic E-state index is -0.214. The summed E-state index contributed by atoms with van der Waals surface area (Å²) in [5, 5.41) is 5.41. The van der Waals surface area contributed by atoms with Gasteiger partial charge in [-0.15, -0.1) is 16.9 Å². The van der Waals surface area contributed by atoms with Gasteiger partial charge in [-0.25, -0.2) is 0 Å². The molecule has 2 aromatic carbocycles. The maximum atomic E-state index is 13.1. The molecule has 0 radical (unpaired) electrons. The Labute approximate surface area is 274 Å². The van der Waals surface area contributed by atoms with Gasteiger partial charge < -0.3 is 24.8 Å². The highest BCUT2D eigenvalue weighted by molar-refractivity contribution is 7.17. The summed E-state index contributed by atoms with van der Waals surface area (Å²) in [6.45, 7) is 10.2. The van der Waals surface area contributed by atoms with E-state index in [0.29, 0.717) is 19.7 Å². The third-order valence-corrected chi connectivity index (χ3v) is 9.92. The molecule has 3 N–H and O–H groups in total. The number of anilines is 2. The predicted octanol–water partition coefficient (Wildman–Crippen LogP) is 5.37. The van der Waals surface area contributed by atoms with E-state index in [1.807, 2.05) is 6.92 Å². The van der Waals surface area contributed by atoms with Crippen molar-refractivity contribution in [3.8, 4) is 5.75 Å². The van der Waals surface area contributed by atoms with Crippen LogP contribution in [0.15, 0.2) is 52.6 Å². The number of rotatable bonds is 11. The van der Waals surface area contributed by atoms with E-state index < -0.39 is 0 Å². The maximum absolute atomic E-state index is 13.1. The van der Waals surface area contributed by atoms with Gasteiger partial charge in [0.15, 0.2) is 0 Å². The fraction of sp³-hybridized carbons (Fsp3) is 0.429. The van der Waals surface area contributed by atoms with Crippen molar-refractivity contribution >= 4 is 38.8 Å². The first-order chi connectivity index (χ1) is 22.2. The molecule has 2 aromatic heterocycles. The van der Waals surface area contributed by atoms with Crippen molar-refractivity contribution in [3.63, 3.8) is 0 Å². The molecular weight excluding hydrogens is 600 g/mol. The first kappa shape index (κ1) is 32.1. The van der Waals surface area contributed by atoms with Crippen LogP contribution in [0.4, 0.5) is 11.4 Å². The number of aromatic amines is 1. The largest absolute Gasteiger partial charge is 0.487 e. The number of fused-ring (bicyclic) bond motifs is 3. The second-order valence-corrected chi connectivity index (χ2v) is 13.3. The highest BCUT2D eigenvalue weighted by Gasteiger charge is 2.29. The Morgan fingerprint density at radius 2 is 2.02 bits per heavy atom. The fourth-order valence-corrected chi connectivity index (χ4v) is 7.42. The first-order valence-corrected chi connectivity index (χ1v) is 17.0. The summed E-state index contributed by atoms with van der Waals surface area (Å²) >= 11 is 1.73. The molecule has 0 bridgehead atoms. The molecular formula is C35H44N6O4S. The van der Waals surface area contributed by atoms with E-state index in [4.69, 9.17) is 9.47 Å². The molecule has 244 valence electrons. The molecule has 1 unspecified atom stereocenters. The van der Waals surface area contributed by atoms with E-state index in [1.165, 1.54) is 16.3 Å². The van der Waals surface area contributed by atoms with Gasteiger partial charge in [0.05, 0.1) is 30.1 Å². The number of carbonyl (C=O) groups is 1. The summed E-state index contributed by atoms with van der Waals surface area (Å²) in [7, 11) is 4.14. The van der Waals surface area contributed by atoms with Crippen LogP contribution in [-0.4, -0.2) is 67.2 Å². The number of esters is 1. The Bertz CT molecular complexity index is 1770. The molecule has 4 heterocycles. The van der Waals surface area contributed by atoms with Gasteiger partial charge in [0, 0.05) is 49.4 Å². The standard InChI is InChI=1S/C35H44N6O4S/c1-6-26-20-40(21-29-31(45-26)10-11-32(42)36-29)19-25-17-24(16-23-12-15-46-35(23)25)28(18-33(43)44-7-2)27-8-9-30-34(22(27)3)37-38-41(30)14-13-39(4)5/h8-12,15-17,26,28,37-38H,6-7,13-14,18-21H2,1-5H3,(H,36,42)/t26-,28?/m1/s1. The predicted molar refractivity (Wildman–Crippen MR) is 185 cm³/mol. The van der Waals surface area contributed by atoms with Crippen LogP contribution in [0.3, 0.4) is 0 Å². The van der Waals surface area contributed by atoms with E-state index in [2.05, 4.69) is 94.4 Å². The molecule has 0 saturated carbocycles. The number of likely N-dealkylation sites (N-methyl/N-ethyl adjacent to an activating group) is 1. The normalized spacial score (nSPS) is 16.9. The SMILES string of the molecule is CCOC(=O)CC(c1cc(CN2Cc3[nH]c(=O)ccc3O[C@H](CC)C2)c2sccc2c1)c1ccc2c(c1C)NNN2CCN(C)C. The summed E-state index contributed by atoms with van der Waals surface area (Å²) < 4.78 is 13.0. The summed E-state index contributed by atoms with van der Waals surface area (Å²) in [5.41, 5.74) is 14.0. The second kappa shape index (κ2) is 13.8. The van der Waals surface area contributed by atoms with Gasteiger partial charge in [-0.2, -0.15) is 0 Å². The van der Waals surface area contributed by atoms with Crippen LogP contribution < -0.4 is 26.3 Å². The van der Waals surface area contributed by atoms with E-state index in [1.54, 1.807) is 17.4 Å². The lowest BCUT2D eigenvalue weighted by molar-refractivity contribution is -0.143. The van der Waals surface area contributed by atoms with Crippen molar-refractivity contribution in [3.05, 3.63) is 86.1 Å². The Morgan fingerprint density at radius 3 is 2.80 bits per heavy atom. The molecule has 0 fully saturated rings. The molecule has 0 spiro atoms. The van der Waals surface area contributed by atoms with Gasteiger partial charge >= 0.3 is 5.97 Å². The zero-order valence-corrected chi connectivity index (χ0v) is 28.1. The number of nitrogens with zero attached hydrogens (tertiary/aromatic N) is 3. The lowest BCUT2D eigenvalue weighted by atomic mass is 9.84. The van der Waals surface area contributed by atoms with Crippen molar-refractivity contribution in [2.24, 2.45) is 0 Å². The first-order valence-electron chi connectivity index (χ1n) is 16.1. The second-order valence-electron chi connectivity index (χ2n) is 12.4. The maximum Gasteiger partial charge on any atom is 0.306 e. The third-order valence-electron chi connectivity index (χ3n) is 8.91. The lowest BCUT2D eigenvalue weighted by Crippen LogP contribution is -2.40. The van der Waals surface area contributed by atoms with Crippen molar-refractivity contribution in [1.82, 2.24) is 20.3 Å². The molecule has 10 nitrogen and oxygen atoms in total. The fourth-order valence-electron chi connectivity index (χ4n) is 6.53. The van der Waals surface area contributed by atoms with Crippen molar-refractivity contribution < 1.29 is 14.3 Å². The Kier molecular flexibility index (Phi) is 9.65. The van der Waals surface area contributed by atoms with Crippen LogP contribution in [0, 0.1) is 6.92 Å². The number of hydrogen-bond donors (Lipinski definition) is 3. The van der Waals surface area contributed by atoms with Crippen LogP contribution in [0.5, 0.6) is 5.75 Å². The van der Waals surface area contributed by atoms with E-state index in [9.17, 15) is 9.59 Å². The minimum Gasteiger partial charge on any atom is -0.487 e.